The number of carbonyl (C=O) groups is 2. The number of halogens is 2. The molecule has 0 aromatic heterocycles. The molecule has 19 heavy (non-hydrogen) atoms. The second-order valence-electron chi connectivity index (χ2n) is 4.16. The van der Waals surface area contributed by atoms with E-state index in [4.69, 9.17) is 16.7 Å². The second kappa shape index (κ2) is 7.54. The molecule has 0 aliphatic rings. The van der Waals surface area contributed by atoms with Crippen molar-refractivity contribution in [3.8, 4) is 0 Å². The predicted octanol–water partition coefficient (Wildman–Crippen LogP) is 3.18. The van der Waals surface area contributed by atoms with E-state index in [1.54, 1.807) is 19.1 Å². The lowest BCUT2D eigenvalue weighted by Gasteiger charge is -2.12. The van der Waals surface area contributed by atoms with Crippen molar-refractivity contribution >= 4 is 51.9 Å². The average Bonchev–Trinajstić information content (AvgIpc) is 2.30. The van der Waals surface area contributed by atoms with Gasteiger partial charge in [0.05, 0.1) is 10.7 Å². The molecule has 2 amide bonds. The van der Waals surface area contributed by atoms with Crippen LogP contribution in [0, 0.1) is 9.49 Å². The van der Waals surface area contributed by atoms with Crippen molar-refractivity contribution < 1.29 is 14.7 Å². The molecule has 1 rings (SSSR count). The minimum Gasteiger partial charge on any atom is -0.481 e. The van der Waals surface area contributed by atoms with Gasteiger partial charge in [-0.15, -0.1) is 0 Å². The molecule has 0 heterocycles. The van der Waals surface area contributed by atoms with Crippen LogP contribution in [0.15, 0.2) is 18.2 Å². The molecular weight excluding hydrogens is 383 g/mol. The zero-order valence-corrected chi connectivity index (χ0v) is 13.2. The maximum absolute atomic E-state index is 11.6. The van der Waals surface area contributed by atoms with Crippen molar-refractivity contribution in [1.29, 1.82) is 0 Å². The van der Waals surface area contributed by atoms with Crippen molar-refractivity contribution in [3.05, 3.63) is 26.8 Å². The number of carbonyl (C=O) groups excluding carboxylic acids is 1. The van der Waals surface area contributed by atoms with Gasteiger partial charge in [-0.1, -0.05) is 18.5 Å². The van der Waals surface area contributed by atoms with Crippen LogP contribution in [-0.4, -0.2) is 23.7 Å². The van der Waals surface area contributed by atoms with E-state index in [1.807, 2.05) is 6.07 Å². The van der Waals surface area contributed by atoms with E-state index in [9.17, 15) is 9.59 Å². The number of carboxylic acid groups (broad SMARTS) is 1. The number of nitrogens with one attached hydrogen (secondary N) is 2. The molecule has 0 saturated heterocycles. The van der Waals surface area contributed by atoms with Gasteiger partial charge < -0.3 is 15.7 Å². The third-order valence-corrected chi connectivity index (χ3v) is 3.31. The number of amides is 2. The number of hydrogen-bond acceptors (Lipinski definition) is 2. The molecule has 1 unspecified atom stereocenters. The normalized spacial score (nSPS) is 11.7. The van der Waals surface area contributed by atoms with Gasteiger partial charge in [0.2, 0.25) is 0 Å². The number of anilines is 1. The molecule has 0 spiro atoms. The molecule has 104 valence electrons. The van der Waals surface area contributed by atoms with Gasteiger partial charge in [-0.05, 0) is 46.7 Å². The van der Waals surface area contributed by atoms with Gasteiger partial charge in [0.1, 0.15) is 0 Å². The molecule has 5 nitrogen and oxygen atoms in total. The van der Waals surface area contributed by atoms with Gasteiger partial charge in [0.15, 0.2) is 0 Å². The molecule has 0 aliphatic carbocycles. The monoisotopic (exact) mass is 396 g/mol. The fourth-order valence-corrected chi connectivity index (χ4v) is 2.05. The fourth-order valence-electron chi connectivity index (χ4n) is 1.40. The van der Waals surface area contributed by atoms with Crippen molar-refractivity contribution in [1.82, 2.24) is 5.32 Å². The fraction of sp³-hybridized carbons (Fsp3) is 0.333. The summed E-state index contributed by atoms with van der Waals surface area (Å²) in [4.78, 5) is 22.1. The van der Waals surface area contributed by atoms with Gasteiger partial charge in [0, 0.05) is 16.5 Å². The molecule has 0 fully saturated rings. The Hall–Kier alpha value is -1.02. The van der Waals surface area contributed by atoms with Crippen molar-refractivity contribution in [2.45, 2.75) is 13.3 Å². The summed E-state index contributed by atoms with van der Waals surface area (Å²) in [6.45, 7) is 2.05. The molecule has 3 N–H and O–H groups in total. The first-order chi connectivity index (χ1) is 8.88. The Bertz CT molecular complexity index is 482. The second-order valence-corrected chi connectivity index (χ2v) is 5.82. The predicted molar refractivity (Wildman–Crippen MR) is 82.6 cm³/mol. The lowest BCUT2D eigenvalue weighted by atomic mass is 10.1. The maximum Gasteiger partial charge on any atom is 0.319 e. The molecule has 7 heteroatoms. The summed E-state index contributed by atoms with van der Waals surface area (Å²) in [5, 5.41) is 14.3. The van der Waals surface area contributed by atoms with Crippen molar-refractivity contribution in [2.24, 2.45) is 5.92 Å². The topological polar surface area (TPSA) is 78.4 Å². The summed E-state index contributed by atoms with van der Waals surface area (Å²) in [7, 11) is 0. The van der Waals surface area contributed by atoms with Crippen LogP contribution in [0.1, 0.15) is 13.3 Å². The molecule has 0 bridgehead atoms. The zero-order valence-electron chi connectivity index (χ0n) is 10.2. The number of benzene rings is 1. The van der Waals surface area contributed by atoms with Crippen LogP contribution in [0.5, 0.6) is 0 Å². The first kappa shape index (κ1) is 16.0. The van der Waals surface area contributed by atoms with Gasteiger partial charge in [0.25, 0.3) is 0 Å². The van der Waals surface area contributed by atoms with E-state index < -0.39 is 12.0 Å². The summed E-state index contributed by atoms with van der Waals surface area (Å²) in [5.74, 6) is -1.01. The Balaban J connectivity index is 2.47. The van der Waals surface area contributed by atoms with Crippen LogP contribution in [0.4, 0.5) is 10.5 Å². The van der Waals surface area contributed by atoms with Gasteiger partial charge in [-0.3, -0.25) is 4.79 Å². The number of carboxylic acids is 1. The Kier molecular flexibility index (Phi) is 6.36. The van der Waals surface area contributed by atoms with E-state index in [0.29, 0.717) is 17.3 Å². The number of aliphatic carboxylic acids is 1. The number of urea groups is 1. The molecule has 0 saturated carbocycles. The van der Waals surface area contributed by atoms with E-state index >= 15 is 0 Å². The van der Waals surface area contributed by atoms with Crippen LogP contribution in [0.2, 0.25) is 5.02 Å². The van der Waals surface area contributed by atoms with E-state index in [0.717, 1.165) is 3.57 Å². The Labute approximate surface area is 129 Å². The molecular formula is C12H14ClIN2O3. The molecule has 1 aromatic rings. The summed E-state index contributed by atoms with van der Waals surface area (Å²) in [6.07, 6.45) is 0.0181. The first-order valence-electron chi connectivity index (χ1n) is 5.60. The molecule has 1 atom stereocenters. The van der Waals surface area contributed by atoms with Gasteiger partial charge >= 0.3 is 12.0 Å². The van der Waals surface area contributed by atoms with Crippen LogP contribution in [0.3, 0.4) is 0 Å². The molecule has 0 radical (unpaired) electrons. The van der Waals surface area contributed by atoms with E-state index in [-0.39, 0.29) is 12.3 Å². The maximum atomic E-state index is 11.6. The van der Waals surface area contributed by atoms with Crippen LogP contribution in [-0.2, 0) is 4.79 Å². The SMILES string of the molecule is CC(CNC(=O)Nc1cc(I)ccc1Cl)CC(=O)O. The standard InChI is InChI=1S/C12H14ClIN2O3/c1-7(4-11(17)18)6-15-12(19)16-10-5-8(14)2-3-9(10)13/h2-3,5,7H,4,6H2,1H3,(H,17,18)(H2,15,16,19). The first-order valence-corrected chi connectivity index (χ1v) is 7.06. The summed E-state index contributed by atoms with van der Waals surface area (Å²) < 4.78 is 0.955. The van der Waals surface area contributed by atoms with Crippen molar-refractivity contribution in [2.75, 3.05) is 11.9 Å². The van der Waals surface area contributed by atoms with Crippen LogP contribution < -0.4 is 10.6 Å². The lowest BCUT2D eigenvalue weighted by molar-refractivity contribution is -0.137. The zero-order chi connectivity index (χ0) is 14.4. The summed E-state index contributed by atoms with van der Waals surface area (Å²) >= 11 is 8.07. The smallest absolute Gasteiger partial charge is 0.319 e. The average molecular weight is 397 g/mol. The molecule has 0 aliphatic heterocycles. The van der Waals surface area contributed by atoms with Gasteiger partial charge in [-0.25, -0.2) is 4.79 Å². The Morgan fingerprint density at radius 3 is 2.79 bits per heavy atom. The highest BCUT2D eigenvalue weighted by Gasteiger charge is 2.10. The minimum absolute atomic E-state index is 0.0181. The number of hydrogen-bond donors (Lipinski definition) is 3. The summed E-state index contributed by atoms with van der Waals surface area (Å²) in [5.41, 5.74) is 0.525. The van der Waals surface area contributed by atoms with E-state index in [2.05, 4.69) is 33.2 Å². The summed E-state index contributed by atoms with van der Waals surface area (Å²) in [6, 6.07) is 4.89. The lowest BCUT2D eigenvalue weighted by Crippen LogP contribution is -2.33. The van der Waals surface area contributed by atoms with Crippen LogP contribution in [0.25, 0.3) is 0 Å². The van der Waals surface area contributed by atoms with Crippen LogP contribution >= 0.6 is 34.2 Å². The Morgan fingerprint density at radius 1 is 1.47 bits per heavy atom. The third kappa shape index (κ3) is 6.11. The highest BCUT2D eigenvalue weighted by molar-refractivity contribution is 14.1. The molecule has 1 aromatic carbocycles. The minimum atomic E-state index is -0.879. The Morgan fingerprint density at radius 2 is 2.16 bits per heavy atom. The quantitative estimate of drug-likeness (QED) is 0.669. The largest absolute Gasteiger partial charge is 0.481 e. The highest BCUT2D eigenvalue weighted by atomic mass is 127. The van der Waals surface area contributed by atoms with Crippen molar-refractivity contribution in [3.63, 3.8) is 0 Å². The number of rotatable bonds is 5. The van der Waals surface area contributed by atoms with E-state index in [1.165, 1.54) is 0 Å². The van der Waals surface area contributed by atoms with Gasteiger partial charge in [-0.2, -0.15) is 0 Å². The highest BCUT2D eigenvalue weighted by Crippen LogP contribution is 2.23. The third-order valence-electron chi connectivity index (χ3n) is 2.31.